The van der Waals surface area contributed by atoms with Gasteiger partial charge in [0.2, 0.25) is 0 Å². The first-order valence-electron chi connectivity index (χ1n) is 8.18. The molecule has 0 aromatic carbocycles. The number of unbranched alkanes of at least 4 members (excludes halogenated alkanes) is 1. The van der Waals surface area contributed by atoms with Gasteiger partial charge in [0.1, 0.15) is 11.6 Å². The third kappa shape index (κ3) is 3.21. The Kier molecular flexibility index (Phi) is 4.57. The van der Waals surface area contributed by atoms with Crippen molar-refractivity contribution in [1.29, 1.82) is 0 Å². The number of anilines is 1. The van der Waals surface area contributed by atoms with Gasteiger partial charge in [0, 0.05) is 20.2 Å². The summed E-state index contributed by atoms with van der Waals surface area (Å²) in [6.45, 7) is 5.79. The molecule has 1 saturated heterocycles. The standard InChI is InChI=1S/C16H25N5O/c1-11-14-15(18-12(2)19-16(14)21(3)20-11)17-9-5-4-7-13-8-6-10-22-13/h13H,4-10H2,1-3H3,(H,17,18,19)/t13-/m0/s1. The number of hydrogen-bond donors (Lipinski definition) is 1. The van der Waals surface area contributed by atoms with Crippen LogP contribution in [-0.2, 0) is 11.8 Å². The molecule has 0 amide bonds. The van der Waals surface area contributed by atoms with E-state index >= 15 is 0 Å². The van der Waals surface area contributed by atoms with Gasteiger partial charge in [-0.15, -0.1) is 0 Å². The van der Waals surface area contributed by atoms with Gasteiger partial charge in [-0.1, -0.05) is 0 Å². The Labute approximate surface area is 131 Å². The summed E-state index contributed by atoms with van der Waals surface area (Å²) in [5.74, 6) is 1.68. The summed E-state index contributed by atoms with van der Waals surface area (Å²) in [5, 5.41) is 8.94. The molecule has 2 aromatic rings. The summed E-state index contributed by atoms with van der Waals surface area (Å²) in [4.78, 5) is 9.04. The number of hydrogen-bond acceptors (Lipinski definition) is 5. The Morgan fingerprint density at radius 2 is 2.14 bits per heavy atom. The second kappa shape index (κ2) is 6.60. The molecule has 0 aliphatic carbocycles. The maximum absolute atomic E-state index is 5.66. The van der Waals surface area contributed by atoms with Crippen LogP contribution in [-0.4, -0.2) is 39.0 Å². The van der Waals surface area contributed by atoms with Gasteiger partial charge >= 0.3 is 0 Å². The Balaban J connectivity index is 1.59. The van der Waals surface area contributed by atoms with Crippen molar-refractivity contribution < 1.29 is 4.74 Å². The summed E-state index contributed by atoms with van der Waals surface area (Å²) < 4.78 is 7.48. The normalized spacial score (nSPS) is 18.2. The number of fused-ring (bicyclic) bond motifs is 1. The summed E-state index contributed by atoms with van der Waals surface area (Å²) in [7, 11) is 1.92. The molecule has 3 heterocycles. The van der Waals surface area contributed by atoms with E-state index in [1.807, 2.05) is 25.6 Å². The average Bonchev–Trinajstić information content (AvgIpc) is 3.07. The van der Waals surface area contributed by atoms with Crippen LogP contribution in [0.2, 0.25) is 0 Å². The van der Waals surface area contributed by atoms with Crippen molar-refractivity contribution in [2.45, 2.75) is 52.1 Å². The van der Waals surface area contributed by atoms with Gasteiger partial charge in [0.15, 0.2) is 5.65 Å². The quantitative estimate of drug-likeness (QED) is 0.831. The number of nitrogens with zero attached hydrogens (tertiary/aromatic N) is 4. The SMILES string of the molecule is Cc1nc(NCCCC[C@H]2CCCO2)c2c(C)nn(C)c2n1. The minimum Gasteiger partial charge on any atom is -0.378 e. The van der Waals surface area contributed by atoms with Crippen LogP contribution in [0.1, 0.15) is 43.6 Å². The molecule has 0 saturated carbocycles. The van der Waals surface area contributed by atoms with Crippen molar-refractivity contribution in [2.75, 3.05) is 18.5 Å². The molecule has 120 valence electrons. The molecule has 1 atom stereocenters. The van der Waals surface area contributed by atoms with Gasteiger partial charge < -0.3 is 10.1 Å². The number of rotatable bonds is 6. The van der Waals surface area contributed by atoms with E-state index < -0.39 is 0 Å². The zero-order valence-corrected chi connectivity index (χ0v) is 13.7. The highest BCUT2D eigenvalue weighted by Crippen LogP contribution is 2.23. The first-order valence-corrected chi connectivity index (χ1v) is 8.18. The molecule has 3 rings (SSSR count). The molecule has 2 aromatic heterocycles. The van der Waals surface area contributed by atoms with Crippen LogP contribution in [0.4, 0.5) is 5.82 Å². The summed E-state index contributed by atoms with van der Waals surface area (Å²) in [6, 6.07) is 0. The maximum Gasteiger partial charge on any atom is 0.163 e. The molecular formula is C16H25N5O. The summed E-state index contributed by atoms with van der Waals surface area (Å²) >= 11 is 0. The molecule has 0 bridgehead atoms. The number of ether oxygens (including phenoxy) is 1. The Bertz CT molecular complexity index is 646. The van der Waals surface area contributed by atoms with Gasteiger partial charge in [-0.2, -0.15) is 5.10 Å². The monoisotopic (exact) mass is 303 g/mol. The van der Waals surface area contributed by atoms with Crippen molar-refractivity contribution in [2.24, 2.45) is 7.05 Å². The first kappa shape index (κ1) is 15.2. The van der Waals surface area contributed by atoms with Crippen molar-refractivity contribution in [3.05, 3.63) is 11.5 Å². The zero-order valence-electron chi connectivity index (χ0n) is 13.7. The second-order valence-electron chi connectivity index (χ2n) is 6.08. The first-order chi connectivity index (χ1) is 10.6. The Hall–Kier alpha value is -1.69. The lowest BCUT2D eigenvalue weighted by Crippen LogP contribution is -2.08. The number of aryl methyl sites for hydroxylation is 3. The molecule has 1 N–H and O–H groups in total. The zero-order chi connectivity index (χ0) is 15.5. The van der Waals surface area contributed by atoms with E-state index in [9.17, 15) is 0 Å². The smallest absolute Gasteiger partial charge is 0.163 e. The fourth-order valence-electron chi connectivity index (χ4n) is 3.15. The van der Waals surface area contributed by atoms with Gasteiger partial charge in [0.05, 0.1) is 17.2 Å². The van der Waals surface area contributed by atoms with Gasteiger partial charge in [-0.05, 0) is 46.0 Å². The minimum absolute atomic E-state index is 0.494. The lowest BCUT2D eigenvalue weighted by atomic mass is 10.1. The minimum atomic E-state index is 0.494. The largest absolute Gasteiger partial charge is 0.378 e. The van der Waals surface area contributed by atoms with Crippen molar-refractivity contribution in [1.82, 2.24) is 19.7 Å². The predicted octanol–water partition coefficient (Wildman–Crippen LogP) is 2.74. The lowest BCUT2D eigenvalue weighted by Gasteiger charge is -2.10. The van der Waals surface area contributed by atoms with E-state index in [1.165, 1.54) is 25.7 Å². The van der Waals surface area contributed by atoms with E-state index in [1.54, 1.807) is 0 Å². The summed E-state index contributed by atoms with van der Waals surface area (Å²) in [6.07, 6.45) is 6.44. The molecule has 1 aliphatic heterocycles. The van der Waals surface area contributed by atoms with Crippen LogP contribution >= 0.6 is 0 Å². The van der Waals surface area contributed by atoms with Gasteiger partial charge in [-0.25, -0.2) is 9.97 Å². The van der Waals surface area contributed by atoms with Crippen molar-refractivity contribution >= 4 is 16.9 Å². The molecule has 0 spiro atoms. The van der Waals surface area contributed by atoms with Crippen LogP contribution in [0.3, 0.4) is 0 Å². The third-order valence-electron chi connectivity index (χ3n) is 4.24. The van der Waals surface area contributed by atoms with E-state index in [4.69, 9.17) is 4.74 Å². The van der Waals surface area contributed by atoms with Crippen LogP contribution in [0.25, 0.3) is 11.0 Å². The Morgan fingerprint density at radius 1 is 1.27 bits per heavy atom. The van der Waals surface area contributed by atoms with Crippen LogP contribution in [0.15, 0.2) is 0 Å². The molecular weight excluding hydrogens is 278 g/mol. The number of aromatic nitrogens is 4. The highest BCUT2D eigenvalue weighted by molar-refractivity contribution is 5.89. The van der Waals surface area contributed by atoms with E-state index in [-0.39, 0.29) is 0 Å². The van der Waals surface area contributed by atoms with Crippen LogP contribution in [0.5, 0.6) is 0 Å². The van der Waals surface area contributed by atoms with Crippen LogP contribution < -0.4 is 5.32 Å². The van der Waals surface area contributed by atoms with Gasteiger partial charge in [0.25, 0.3) is 0 Å². The summed E-state index contributed by atoms with van der Waals surface area (Å²) in [5.41, 5.74) is 1.87. The van der Waals surface area contributed by atoms with E-state index in [2.05, 4.69) is 20.4 Å². The molecule has 1 aliphatic rings. The fraction of sp³-hybridized carbons (Fsp3) is 0.688. The molecule has 6 nitrogen and oxygen atoms in total. The van der Waals surface area contributed by atoms with Gasteiger partial charge in [-0.3, -0.25) is 4.68 Å². The average molecular weight is 303 g/mol. The molecule has 1 fully saturated rings. The molecule has 0 unspecified atom stereocenters. The highest BCUT2D eigenvalue weighted by Gasteiger charge is 2.15. The topological polar surface area (TPSA) is 64.9 Å². The molecule has 6 heteroatoms. The van der Waals surface area contributed by atoms with E-state index in [0.717, 1.165) is 47.9 Å². The lowest BCUT2D eigenvalue weighted by molar-refractivity contribution is 0.102. The maximum atomic E-state index is 5.66. The predicted molar refractivity (Wildman–Crippen MR) is 87.1 cm³/mol. The van der Waals surface area contributed by atoms with Crippen LogP contribution in [0, 0.1) is 13.8 Å². The number of nitrogens with one attached hydrogen (secondary N) is 1. The molecule has 22 heavy (non-hydrogen) atoms. The van der Waals surface area contributed by atoms with E-state index in [0.29, 0.717) is 6.10 Å². The Morgan fingerprint density at radius 3 is 2.91 bits per heavy atom. The fourth-order valence-corrected chi connectivity index (χ4v) is 3.15. The van der Waals surface area contributed by atoms with Crippen molar-refractivity contribution in [3.8, 4) is 0 Å². The van der Waals surface area contributed by atoms with Crippen molar-refractivity contribution in [3.63, 3.8) is 0 Å². The highest BCUT2D eigenvalue weighted by atomic mass is 16.5. The third-order valence-corrected chi connectivity index (χ3v) is 4.24. The molecule has 0 radical (unpaired) electrons. The second-order valence-corrected chi connectivity index (χ2v) is 6.08.